The Morgan fingerprint density at radius 1 is 1.06 bits per heavy atom. The monoisotopic (exact) mass is 240 g/mol. The van der Waals surface area contributed by atoms with Crippen LogP contribution in [0.25, 0.3) is 0 Å². The summed E-state index contributed by atoms with van der Waals surface area (Å²) in [5, 5.41) is 19.1. The summed E-state index contributed by atoms with van der Waals surface area (Å²) in [4.78, 5) is 11.6. The standard InChI is InChI=1S/C14H24O3/c15-12-6-8-14(9-7-12,13(16)17)10-11-4-2-1-3-5-11/h11-12,15H,1-10H2,(H,16,17). The number of rotatable bonds is 3. The quantitative estimate of drug-likeness (QED) is 0.797. The highest BCUT2D eigenvalue weighted by atomic mass is 16.4. The van der Waals surface area contributed by atoms with Crippen molar-refractivity contribution in [2.45, 2.75) is 70.3 Å². The maximum absolute atomic E-state index is 11.6. The van der Waals surface area contributed by atoms with Gasteiger partial charge in [-0.2, -0.15) is 0 Å². The molecule has 0 radical (unpaired) electrons. The van der Waals surface area contributed by atoms with E-state index in [1.54, 1.807) is 0 Å². The Bertz CT molecular complexity index is 261. The van der Waals surface area contributed by atoms with Crippen molar-refractivity contribution in [3.63, 3.8) is 0 Å². The van der Waals surface area contributed by atoms with Crippen LogP contribution in [0.2, 0.25) is 0 Å². The van der Waals surface area contributed by atoms with Gasteiger partial charge in [0.05, 0.1) is 11.5 Å². The Hall–Kier alpha value is -0.570. The number of hydrogen-bond donors (Lipinski definition) is 2. The molecule has 3 heteroatoms. The molecule has 0 aromatic carbocycles. The van der Waals surface area contributed by atoms with E-state index in [-0.39, 0.29) is 6.10 Å². The molecule has 0 aliphatic heterocycles. The summed E-state index contributed by atoms with van der Waals surface area (Å²) in [5.74, 6) is -0.0231. The lowest BCUT2D eigenvalue weighted by atomic mass is 9.66. The molecule has 98 valence electrons. The molecule has 2 saturated carbocycles. The number of aliphatic hydroxyl groups is 1. The van der Waals surface area contributed by atoms with Crippen LogP contribution in [0.1, 0.15) is 64.2 Å². The largest absolute Gasteiger partial charge is 0.481 e. The van der Waals surface area contributed by atoms with Crippen LogP contribution in [0.15, 0.2) is 0 Å². The maximum atomic E-state index is 11.6. The average molecular weight is 240 g/mol. The van der Waals surface area contributed by atoms with Crippen LogP contribution < -0.4 is 0 Å². The van der Waals surface area contributed by atoms with Gasteiger partial charge in [-0.25, -0.2) is 0 Å². The first kappa shape index (κ1) is 12.9. The van der Waals surface area contributed by atoms with Gasteiger partial charge in [0, 0.05) is 0 Å². The first-order valence-corrected chi connectivity index (χ1v) is 7.04. The molecule has 2 fully saturated rings. The molecule has 0 amide bonds. The maximum Gasteiger partial charge on any atom is 0.309 e. The van der Waals surface area contributed by atoms with Gasteiger partial charge < -0.3 is 10.2 Å². The lowest BCUT2D eigenvalue weighted by Gasteiger charge is -2.38. The van der Waals surface area contributed by atoms with E-state index in [2.05, 4.69) is 0 Å². The molecule has 2 rings (SSSR count). The predicted octanol–water partition coefficient (Wildman–Crippen LogP) is 2.96. The highest BCUT2D eigenvalue weighted by Crippen LogP contribution is 2.44. The van der Waals surface area contributed by atoms with Crippen LogP contribution in [0.4, 0.5) is 0 Å². The smallest absolute Gasteiger partial charge is 0.309 e. The molecule has 0 unspecified atom stereocenters. The van der Waals surface area contributed by atoms with Crippen molar-refractivity contribution in [3.05, 3.63) is 0 Å². The van der Waals surface area contributed by atoms with E-state index in [1.807, 2.05) is 0 Å². The lowest BCUT2D eigenvalue weighted by Crippen LogP contribution is -2.38. The Labute approximate surface area is 103 Å². The van der Waals surface area contributed by atoms with Gasteiger partial charge in [-0.3, -0.25) is 4.79 Å². The number of aliphatic carboxylic acids is 1. The second-order valence-corrected chi connectivity index (χ2v) is 6.02. The molecule has 2 aliphatic carbocycles. The second kappa shape index (κ2) is 5.38. The fourth-order valence-corrected chi connectivity index (χ4v) is 3.60. The van der Waals surface area contributed by atoms with Gasteiger partial charge in [0.15, 0.2) is 0 Å². The minimum absolute atomic E-state index is 0.270. The zero-order chi connectivity index (χ0) is 12.3. The fraction of sp³-hybridized carbons (Fsp3) is 0.929. The molecule has 2 aliphatic rings. The second-order valence-electron chi connectivity index (χ2n) is 6.02. The highest BCUT2D eigenvalue weighted by Gasteiger charge is 2.43. The number of hydrogen-bond acceptors (Lipinski definition) is 2. The van der Waals surface area contributed by atoms with Crippen LogP contribution in [-0.4, -0.2) is 22.3 Å². The number of aliphatic hydroxyl groups excluding tert-OH is 1. The Balaban J connectivity index is 1.98. The van der Waals surface area contributed by atoms with Crippen molar-refractivity contribution in [2.75, 3.05) is 0 Å². The summed E-state index contributed by atoms with van der Waals surface area (Å²) in [6.45, 7) is 0. The molecular formula is C14H24O3. The minimum atomic E-state index is -0.630. The van der Waals surface area contributed by atoms with Gasteiger partial charge in [-0.1, -0.05) is 32.1 Å². The minimum Gasteiger partial charge on any atom is -0.481 e. The van der Waals surface area contributed by atoms with Crippen molar-refractivity contribution in [2.24, 2.45) is 11.3 Å². The van der Waals surface area contributed by atoms with E-state index >= 15 is 0 Å². The normalized spacial score (nSPS) is 35.7. The van der Waals surface area contributed by atoms with Gasteiger partial charge in [-0.05, 0) is 38.0 Å². The summed E-state index contributed by atoms with van der Waals surface area (Å²) >= 11 is 0. The summed E-state index contributed by atoms with van der Waals surface area (Å²) in [6, 6.07) is 0. The van der Waals surface area contributed by atoms with Crippen LogP contribution in [0, 0.1) is 11.3 Å². The molecule has 2 N–H and O–H groups in total. The fourth-order valence-electron chi connectivity index (χ4n) is 3.60. The third-order valence-electron chi connectivity index (χ3n) is 4.77. The highest BCUT2D eigenvalue weighted by molar-refractivity contribution is 5.74. The zero-order valence-corrected chi connectivity index (χ0v) is 10.5. The van der Waals surface area contributed by atoms with E-state index in [0.717, 1.165) is 6.42 Å². The molecule has 0 heterocycles. The number of carboxylic acid groups (broad SMARTS) is 1. The molecule has 0 atom stereocenters. The third kappa shape index (κ3) is 3.01. The molecule has 0 bridgehead atoms. The molecule has 3 nitrogen and oxygen atoms in total. The average Bonchev–Trinajstić information content (AvgIpc) is 2.33. The molecule has 0 saturated heterocycles. The van der Waals surface area contributed by atoms with Gasteiger partial charge in [0.2, 0.25) is 0 Å². The zero-order valence-electron chi connectivity index (χ0n) is 10.5. The van der Waals surface area contributed by atoms with E-state index in [0.29, 0.717) is 31.6 Å². The SMILES string of the molecule is O=C(O)C1(CC2CCCCC2)CCC(O)CC1. The Morgan fingerprint density at radius 2 is 1.65 bits per heavy atom. The van der Waals surface area contributed by atoms with E-state index in [9.17, 15) is 15.0 Å². The first-order chi connectivity index (χ1) is 8.12. The van der Waals surface area contributed by atoms with Gasteiger partial charge >= 0.3 is 5.97 Å². The summed E-state index contributed by atoms with van der Waals surface area (Å²) in [7, 11) is 0. The van der Waals surface area contributed by atoms with E-state index < -0.39 is 11.4 Å². The van der Waals surface area contributed by atoms with Crippen molar-refractivity contribution < 1.29 is 15.0 Å². The van der Waals surface area contributed by atoms with E-state index in [1.165, 1.54) is 32.1 Å². The van der Waals surface area contributed by atoms with Crippen molar-refractivity contribution in [3.8, 4) is 0 Å². The molecule has 0 spiro atoms. The number of carbonyl (C=O) groups is 1. The number of carboxylic acids is 1. The first-order valence-electron chi connectivity index (χ1n) is 7.04. The van der Waals surface area contributed by atoms with Crippen molar-refractivity contribution in [1.29, 1.82) is 0 Å². The van der Waals surface area contributed by atoms with E-state index in [4.69, 9.17) is 0 Å². The molecule has 0 aromatic rings. The van der Waals surface area contributed by atoms with Crippen LogP contribution >= 0.6 is 0 Å². The van der Waals surface area contributed by atoms with Crippen LogP contribution in [0.3, 0.4) is 0 Å². The topological polar surface area (TPSA) is 57.5 Å². The van der Waals surface area contributed by atoms with Crippen LogP contribution in [-0.2, 0) is 4.79 Å². The van der Waals surface area contributed by atoms with Gasteiger partial charge in [0.25, 0.3) is 0 Å². The van der Waals surface area contributed by atoms with Gasteiger partial charge in [0.1, 0.15) is 0 Å². The molecule has 17 heavy (non-hydrogen) atoms. The lowest BCUT2D eigenvalue weighted by molar-refractivity contribution is -0.154. The Morgan fingerprint density at radius 3 is 2.18 bits per heavy atom. The predicted molar refractivity (Wildman–Crippen MR) is 65.7 cm³/mol. The van der Waals surface area contributed by atoms with Crippen molar-refractivity contribution >= 4 is 5.97 Å². The summed E-state index contributed by atoms with van der Waals surface area (Å²) in [6.07, 6.45) is 9.50. The van der Waals surface area contributed by atoms with Gasteiger partial charge in [-0.15, -0.1) is 0 Å². The molecule has 0 aromatic heterocycles. The summed E-state index contributed by atoms with van der Waals surface area (Å²) < 4.78 is 0. The summed E-state index contributed by atoms with van der Waals surface area (Å²) in [5.41, 5.74) is -0.527. The Kier molecular flexibility index (Phi) is 4.08. The molecular weight excluding hydrogens is 216 g/mol. The van der Waals surface area contributed by atoms with Crippen molar-refractivity contribution in [1.82, 2.24) is 0 Å². The third-order valence-corrected chi connectivity index (χ3v) is 4.77. The van der Waals surface area contributed by atoms with Crippen LogP contribution in [0.5, 0.6) is 0 Å².